The van der Waals surface area contributed by atoms with Crippen molar-refractivity contribution in [1.82, 2.24) is 4.98 Å². The number of aromatic nitrogens is 1. The molecule has 0 radical (unpaired) electrons. The summed E-state index contributed by atoms with van der Waals surface area (Å²) in [5, 5.41) is 9.13. The number of nitrogens with two attached hydrogens (primary N) is 1. The fourth-order valence-corrected chi connectivity index (χ4v) is 1.17. The van der Waals surface area contributed by atoms with Gasteiger partial charge in [-0.25, -0.2) is 4.79 Å². The smallest absolute Gasteiger partial charge is 0.549 e. The number of fused-ring (bicyclic) bond motifs is 1. The van der Waals surface area contributed by atoms with E-state index in [4.69, 9.17) is 19.1 Å². The van der Waals surface area contributed by atoms with Crippen molar-refractivity contribution in [1.29, 1.82) is 0 Å². The maximum absolute atomic E-state index is 11.2. The van der Waals surface area contributed by atoms with Crippen LogP contribution in [0, 0.1) is 0 Å². The second-order valence-electron chi connectivity index (χ2n) is 3.18. The molecule has 2 heterocycles. The van der Waals surface area contributed by atoms with E-state index < -0.39 is 5.97 Å². The van der Waals surface area contributed by atoms with Gasteiger partial charge >= 0.3 is 57.4 Å². The maximum atomic E-state index is 11.2. The molecule has 7 nitrogen and oxygen atoms in total. The van der Waals surface area contributed by atoms with Gasteiger partial charge in [0.2, 0.25) is 0 Å². The molecule has 0 atom stereocenters. The van der Waals surface area contributed by atoms with Crippen molar-refractivity contribution in [2.75, 3.05) is 13.2 Å². The van der Waals surface area contributed by atoms with Crippen LogP contribution in [0.3, 0.4) is 0 Å². The van der Waals surface area contributed by atoms with Gasteiger partial charge in [-0.15, -0.1) is 0 Å². The van der Waals surface area contributed by atoms with Crippen molar-refractivity contribution in [3.8, 4) is 0 Å². The first kappa shape index (κ1) is 18.4. The predicted octanol–water partition coefficient (Wildman–Crippen LogP) is -3.36. The molecule has 0 fully saturated rings. The van der Waals surface area contributed by atoms with Gasteiger partial charge in [-0.2, -0.15) is 0 Å². The van der Waals surface area contributed by atoms with Gasteiger partial charge in [0, 0.05) is 18.7 Å². The first-order chi connectivity index (χ1) is 8.58. The molecule has 0 unspecified atom stereocenters. The molecule has 3 N–H and O–H groups in total. The minimum atomic E-state index is -1.22. The monoisotopic (exact) mass is 292 g/mol. The average molecular weight is 292 g/mol. The number of rotatable bonds is 3. The van der Waals surface area contributed by atoms with E-state index in [1.165, 1.54) is 0 Å². The zero-order valence-electron chi connectivity index (χ0n) is 10.8. The Kier molecular flexibility index (Phi) is 8.98. The molecule has 0 aliphatic carbocycles. The number of hydrogen-bond donors (Lipinski definition) is 2. The normalized spacial score (nSPS) is 9.16. The number of nitrogens with one attached hydrogen (secondary N) is 1. The molecule has 2 aromatic heterocycles. The van der Waals surface area contributed by atoms with Crippen LogP contribution in [0.25, 0.3) is 11.1 Å². The number of aliphatic carboxylic acids is 1. The summed E-state index contributed by atoms with van der Waals surface area (Å²) >= 11 is 0. The van der Waals surface area contributed by atoms with Crippen LogP contribution in [0.1, 0.15) is 17.4 Å². The third-order valence-corrected chi connectivity index (χ3v) is 1.90. The number of carbonyl (C=O) groups is 2. The summed E-state index contributed by atoms with van der Waals surface area (Å²) in [6, 6.07) is 3.39. The zero-order chi connectivity index (χ0) is 13.5. The Bertz CT molecular complexity index is 505. The largest absolute Gasteiger partial charge is 1.00 e. The molecule has 8 heteroatoms. The summed E-state index contributed by atoms with van der Waals surface area (Å²) < 4.78 is 9.90. The van der Waals surface area contributed by atoms with Crippen molar-refractivity contribution in [3.63, 3.8) is 0 Å². The fourth-order valence-electron chi connectivity index (χ4n) is 1.17. The fraction of sp³-hybridized carbons (Fsp3) is 0.273. The van der Waals surface area contributed by atoms with E-state index in [0.29, 0.717) is 17.9 Å². The summed E-state index contributed by atoms with van der Waals surface area (Å²) in [6.45, 7) is 1.75. The van der Waals surface area contributed by atoms with E-state index in [9.17, 15) is 4.79 Å². The standard InChI is InChI=1S/C9H9NO3.C2H5NO2.K/c1-2-12-9(11)7-5-8-6(10-7)3-4-13-8;3-1-2(4)5;/h3-5,10H,2H2,1H3;1,3H2,(H,4,5);/q;;+1/p-1. The van der Waals surface area contributed by atoms with Crippen molar-refractivity contribution in [2.24, 2.45) is 5.73 Å². The minimum absolute atomic E-state index is 0. The number of ether oxygens (including phenoxy) is 1. The molecule has 2 aromatic rings. The Hall–Kier alpha value is -0.644. The van der Waals surface area contributed by atoms with Crippen LogP contribution in [-0.4, -0.2) is 30.1 Å². The Morgan fingerprint density at radius 1 is 1.53 bits per heavy atom. The predicted molar refractivity (Wildman–Crippen MR) is 60.6 cm³/mol. The molecule has 0 saturated carbocycles. The molecule has 0 aliphatic rings. The number of carboxylic acid groups (broad SMARTS) is 1. The van der Waals surface area contributed by atoms with Gasteiger partial charge in [0.05, 0.1) is 24.4 Å². The summed E-state index contributed by atoms with van der Waals surface area (Å²) in [4.78, 5) is 23.2. The number of hydrogen-bond acceptors (Lipinski definition) is 6. The summed E-state index contributed by atoms with van der Waals surface area (Å²) in [6.07, 6.45) is 1.57. The van der Waals surface area contributed by atoms with Gasteiger partial charge in [-0.3, -0.25) is 0 Å². The quantitative estimate of drug-likeness (QED) is 0.450. The van der Waals surface area contributed by atoms with Gasteiger partial charge in [-0.1, -0.05) is 0 Å². The van der Waals surface area contributed by atoms with Crippen LogP contribution in [0.5, 0.6) is 0 Å². The van der Waals surface area contributed by atoms with Gasteiger partial charge in [0.15, 0.2) is 5.58 Å². The third kappa shape index (κ3) is 5.89. The topological polar surface area (TPSA) is 121 Å². The second kappa shape index (κ2) is 9.29. The molecule has 0 bridgehead atoms. The number of aromatic amines is 1. The molecule has 0 saturated heterocycles. The van der Waals surface area contributed by atoms with E-state index in [0.717, 1.165) is 5.52 Å². The van der Waals surface area contributed by atoms with Crippen LogP contribution in [0.2, 0.25) is 0 Å². The third-order valence-electron chi connectivity index (χ3n) is 1.90. The summed E-state index contributed by atoms with van der Waals surface area (Å²) in [5.41, 5.74) is 6.41. The first-order valence-electron chi connectivity index (χ1n) is 5.21. The number of esters is 1. The van der Waals surface area contributed by atoms with E-state index in [1.54, 1.807) is 25.3 Å². The van der Waals surface area contributed by atoms with Gasteiger partial charge < -0.3 is 29.8 Å². The maximum Gasteiger partial charge on any atom is 1.00 e. The van der Waals surface area contributed by atoms with E-state index in [1.807, 2.05) is 0 Å². The molecular formula is C11H13KN2O5. The number of furan rings is 1. The molecule has 0 aromatic carbocycles. The Morgan fingerprint density at radius 2 is 2.16 bits per heavy atom. The Morgan fingerprint density at radius 3 is 2.63 bits per heavy atom. The van der Waals surface area contributed by atoms with Crippen molar-refractivity contribution in [3.05, 3.63) is 24.1 Å². The molecular weight excluding hydrogens is 279 g/mol. The van der Waals surface area contributed by atoms with E-state index in [-0.39, 0.29) is 63.9 Å². The Labute approximate surface area is 151 Å². The molecule has 0 spiro atoms. The van der Waals surface area contributed by atoms with E-state index >= 15 is 0 Å². The van der Waals surface area contributed by atoms with Crippen molar-refractivity contribution >= 4 is 23.0 Å². The number of H-pyrrole nitrogens is 1. The van der Waals surface area contributed by atoms with Crippen molar-refractivity contribution in [2.45, 2.75) is 6.92 Å². The van der Waals surface area contributed by atoms with Crippen LogP contribution in [-0.2, 0) is 9.53 Å². The summed E-state index contributed by atoms with van der Waals surface area (Å²) in [5.74, 6) is -1.57. The summed E-state index contributed by atoms with van der Waals surface area (Å²) in [7, 11) is 0. The van der Waals surface area contributed by atoms with Gasteiger partial charge in [0.1, 0.15) is 5.69 Å². The number of carbonyl (C=O) groups excluding carboxylic acids is 2. The second-order valence-corrected chi connectivity index (χ2v) is 3.18. The Balaban J connectivity index is 0.000000471. The number of carboxylic acids is 1. The first-order valence-corrected chi connectivity index (χ1v) is 5.21. The molecule has 98 valence electrons. The van der Waals surface area contributed by atoms with Crippen molar-refractivity contribution < 1.29 is 75.2 Å². The zero-order valence-corrected chi connectivity index (χ0v) is 13.9. The molecule has 0 amide bonds. The van der Waals surface area contributed by atoms with Crippen LogP contribution in [0.15, 0.2) is 22.8 Å². The van der Waals surface area contributed by atoms with Gasteiger partial charge in [0.25, 0.3) is 0 Å². The van der Waals surface area contributed by atoms with Gasteiger partial charge in [-0.05, 0) is 6.92 Å². The van der Waals surface area contributed by atoms with Crippen LogP contribution >= 0.6 is 0 Å². The molecule has 19 heavy (non-hydrogen) atoms. The van der Waals surface area contributed by atoms with Crippen LogP contribution < -0.4 is 62.2 Å². The average Bonchev–Trinajstić information content (AvgIpc) is 2.90. The SMILES string of the molecule is CCOC(=O)c1cc2occc2[nH]1.NCC(=O)[O-].[K+]. The molecule has 0 aliphatic heterocycles. The van der Waals surface area contributed by atoms with Crippen LogP contribution in [0.4, 0.5) is 0 Å². The van der Waals surface area contributed by atoms with E-state index in [2.05, 4.69) is 10.7 Å². The molecule has 2 rings (SSSR count). The minimum Gasteiger partial charge on any atom is -0.549 e.